The molecule has 0 spiro atoms. The second-order valence-corrected chi connectivity index (χ2v) is 10.1. The maximum Gasteiger partial charge on any atom is 0.116 e. The largest absolute Gasteiger partial charge is 0.358 e. The van der Waals surface area contributed by atoms with Gasteiger partial charge in [0.05, 0.1) is 23.1 Å². The van der Waals surface area contributed by atoms with Crippen LogP contribution in [-0.4, -0.2) is 20.2 Å². The lowest BCUT2D eigenvalue weighted by Crippen LogP contribution is -2.00. The Morgan fingerprint density at radius 3 is 2.72 bits per heavy atom. The first-order chi connectivity index (χ1) is 17.6. The standard InChI is InChI=1S/C31H27N5/c1-18-6-7-22(12-18)25-4-3-5-28-26(25)15-30(34-28)31-27-14-21(10-11-29(27)35-36-31)23-13-24(17-32-16-23)33-19(2)20-8-9-20/h3-7,10-11,13-17,20,33-34H,2,8-9,12H2,1H3,(H,35,36). The average Bonchev–Trinajstić information content (AvgIpc) is 3.30. The van der Waals surface area contributed by atoms with Crippen molar-refractivity contribution in [2.45, 2.75) is 26.2 Å². The first-order valence-corrected chi connectivity index (χ1v) is 12.5. The van der Waals surface area contributed by atoms with Gasteiger partial charge in [0.25, 0.3) is 0 Å². The van der Waals surface area contributed by atoms with Crippen molar-refractivity contribution in [3.8, 4) is 22.5 Å². The van der Waals surface area contributed by atoms with Crippen molar-refractivity contribution in [2.24, 2.45) is 5.92 Å². The Morgan fingerprint density at radius 2 is 1.89 bits per heavy atom. The molecule has 176 valence electrons. The zero-order valence-electron chi connectivity index (χ0n) is 20.2. The molecule has 0 atom stereocenters. The summed E-state index contributed by atoms with van der Waals surface area (Å²) in [5, 5.41) is 13.7. The van der Waals surface area contributed by atoms with Gasteiger partial charge in [-0.15, -0.1) is 0 Å². The summed E-state index contributed by atoms with van der Waals surface area (Å²) in [6.07, 6.45) is 11.7. The molecule has 0 amide bonds. The Balaban J connectivity index is 1.27. The van der Waals surface area contributed by atoms with Crippen LogP contribution >= 0.6 is 0 Å². The minimum atomic E-state index is 0.598. The van der Waals surface area contributed by atoms with Gasteiger partial charge in [-0.25, -0.2) is 0 Å². The number of H-pyrrole nitrogens is 2. The summed E-state index contributed by atoms with van der Waals surface area (Å²) in [6.45, 7) is 6.37. The molecule has 0 radical (unpaired) electrons. The van der Waals surface area contributed by atoms with Gasteiger partial charge in [-0.1, -0.05) is 42.5 Å². The highest BCUT2D eigenvalue weighted by molar-refractivity contribution is 6.01. The molecule has 0 saturated heterocycles. The minimum Gasteiger partial charge on any atom is -0.358 e. The molecule has 0 unspecified atom stereocenters. The first-order valence-electron chi connectivity index (χ1n) is 12.5. The number of pyridine rings is 1. The highest BCUT2D eigenvalue weighted by Crippen LogP contribution is 2.38. The Labute approximate surface area is 209 Å². The molecule has 3 aromatic heterocycles. The first kappa shape index (κ1) is 20.9. The van der Waals surface area contributed by atoms with Crippen molar-refractivity contribution >= 4 is 33.1 Å². The number of fused-ring (bicyclic) bond motifs is 2. The lowest BCUT2D eigenvalue weighted by molar-refractivity contribution is 1.02. The van der Waals surface area contributed by atoms with E-state index in [0.29, 0.717) is 5.92 Å². The van der Waals surface area contributed by atoms with E-state index in [0.717, 1.165) is 56.7 Å². The van der Waals surface area contributed by atoms with Crippen LogP contribution in [-0.2, 0) is 0 Å². The number of aromatic amines is 2. The molecule has 3 heterocycles. The molecule has 1 saturated carbocycles. The Bertz CT molecular complexity index is 1720. The number of hydrogen-bond donors (Lipinski definition) is 3. The van der Waals surface area contributed by atoms with Gasteiger partial charge in [-0.2, -0.15) is 5.10 Å². The lowest BCUT2D eigenvalue weighted by Gasteiger charge is -2.10. The highest BCUT2D eigenvalue weighted by atomic mass is 15.1. The van der Waals surface area contributed by atoms with Gasteiger partial charge >= 0.3 is 0 Å². The molecule has 2 aromatic carbocycles. The Morgan fingerprint density at radius 1 is 0.972 bits per heavy atom. The molecular weight excluding hydrogens is 442 g/mol. The van der Waals surface area contributed by atoms with Crippen LogP contribution in [0.5, 0.6) is 0 Å². The van der Waals surface area contributed by atoms with Gasteiger partial charge in [0, 0.05) is 33.7 Å². The normalized spacial score (nSPS) is 15.4. The van der Waals surface area contributed by atoms with Gasteiger partial charge in [-0.05, 0) is 79.1 Å². The second-order valence-electron chi connectivity index (χ2n) is 10.1. The Hall–Kier alpha value is -4.38. The fourth-order valence-corrected chi connectivity index (χ4v) is 5.19. The van der Waals surface area contributed by atoms with E-state index in [9.17, 15) is 0 Å². The molecular formula is C31H27N5. The van der Waals surface area contributed by atoms with Crippen LogP contribution in [0.1, 0.15) is 31.7 Å². The number of hydrogen-bond acceptors (Lipinski definition) is 3. The highest BCUT2D eigenvalue weighted by Gasteiger charge is 2.24. The SMILES string of the molecule is C=C(Nc1cncc(-c2ccc3[nH]nc(-c4cc5c(C6=CC=C(C)C6)cccc5[nH]4)c3c2)c1)C1CC1. The van der Waals surface area contributed by atoms with Crippen molar-refractivity contribution in [1.82, 2.24) is 20.2 Å². The van der Waals surface area contributed by atoms with E-state index in [1.165, 1.54) is 34.9 Å². The zero-order valence-corrected chi connectivity index (χ0v) is 20.2. The lowest BCUT2D eigenvalue weighted by atomic mass is 9.99. The minimum absolute atomic E-state index is 0.598. The van der Waals surface area contributed by atoms with E-state index in [4.69, 9.17) is 5.10 Å². The van der Waals surface area contributed by atoms with Gasteiger partial charge < -0.3 is 10.3 Å². The summed E-state index contributed by atoms with van der Waals surface area (Å²) in [5.74, 6) is 0.598. The fourth-order valence-electron chi connectivity index (χ4n) is 5.19. The molecule has 2 aliphatic carbocycles. The van der Waals surface area contributed by atoms with Crippen molar-refractivity contribution < 1.29 is 0 Å². The predicted octanol–water partition coefficient (Wildman–Crippen LogP) is 7.84. The molecule has 1 fully saturated rings. The van der Waals surface area contributed by atoms with Crippen LogP contribution in [0.4, 0.5) is 5.69 Å². The number of allylic oxidation sites excluding steroid dienone is 5. The molecule has 5 heteroatoms. The van der Waals surface area contributed by atoms with E-state index in [1.807, 2.05) is 12.4 Å². The zero-order chi connectivity index (χ0) is 24.2. The summed E-state index contributed by atoms with van der Waals surface area (Å²) >= 11 is 0. The fraction of sp³-hybridized carbons (Fsp3) is 0.161. The smallest absolute Gasteiger partial charge is 0.116 e. The Kier molecular flexibility index (Phi) is 4.71. The molecule has 5 nitrogen and oxygen atoms in total. The van der Waals surface area contributed by atoms with E-state index < -0.39 is 0 Å². The third-order valence-electron chi connectivity index (χ3n) is 7.31. The summed E-state index contributed by atoms with van der Waals surface area (Å²) < 4.78 is 0. The van der Waals surface area contributed by atoms with Crippen LogP contribution < -0.4 is 5.32 Å². The van der Waals surface area contributed by atoms with Crippen LogP contribution in [0.3, 0.4) is 0 Å². The average molecular weight is 470 g/mol. The maximum absolute atomic E-state index is 4.70. The topological polar surface area (TPSA) is 69.4 Å². The van der Waals surface area contributed by atoms with Crippen molar-refractivity contribution in [1.29, 1.82) is 0 Å². The number of benzene rings is 2. The van der Waals surface area contributed by atoms with E-state index >= 15 is 0 Å². The van der Waals surface area contributed by atoms with E-state index in [2.05, 4.69) is 94.6 Å². The molecule has 3 N–H and O–H groups in total. The van der Waals surface area contributed by atoms with E-state index in [-0.39, 0.29) is 0 Å². The quantitative estimate of drug-likeness (QED) is 0.237. The summed E-state index contributed by atoms with van der Waals surface area (Å²) in [4.78, 5) is 8.09. The third-order valence-corrected chi connectivity index (χ3v) is 7.31. The van der Waals surface area contributed by atoms with Crippen molar-refractivity contribution in [2.75, 3.05) is 5.32 Å². The molecule has 36 heavy (non-hydrogen) atoms. The summed E-state index contributed by atoms with van der Waals surface area (Å²) in [5.41, 5.74) is 12.3. The van der Waals surface area contributed by atoms with Gasteiger partial charge in [0.15, 0.2) is 0 Å². The summed E-state index contributed by atoms with van der Waals surface area (Å²) in [7, 11) is 0. The van der Waals surface area contributed by atoms with Crippen molar-refractivity contribution in [3.63, 3.8) is 0 Å². The molecule has 7 rings (SSSR count). The number of nitrogens with one attached hydrogen (secondary N) is 3. The molecule has 0 bridgehead atoms. The maximum atomic E-state index is 4.70. The number of aromatic nitrogens is 4. The van der Waals surface area contributed by atoms with Crippen LogP contribution in [0, 0.1) is 5.92 Å². The second kappa shape index (κ2) is 8.09. The molecule has 2 aliphatic rings. The van der Waals surface area contributed by atoms with Crippen LogP contribution in [0.15, 0.2) is 90.9 Å². The van der Waals surface area contributed by atoms with Gasteiger partial charge in [0.2, 0.25) is 0 Å². The van der Waals surface area contributed by atoms with E-state index in [1.54, 1.807) is 0 Å². The summed E-state index contributed by atoms with van der Waals surface area (Å²) in [6, 6.07) is 17.3. The van der Waals surface area contributed by atoms with Crippen LogP contribution in [0.25, 0.3) is 49.9 Å². The molecule has 5 aromatic rings. The third kappa shape index (κ3) is 3.64. The van der Waals surface area contributed by atoms with Gasteiger partial charge in [-0.3, -0.25) is 10.1 Å². The number of nitrogens with zero attached hydrogens (tertiary/aromatic N) is 2. The monoisotopic (exact) mass is 469 g/mol. The molecule has 0 aliphatic heterocycles. The van der Waals surface area contributed by atoms with Crippen molar-refractivity contribution in [3.05, 3.63) is 96.5 Å². The predicted molar refractivity (Wildman–Crippen MR) is 148 cm³/mol. The van der Waals surface area contributed by atoms with Crippen LogP contribution in [0.2, 0.25) is 0 Å². The number of rotatable bonds is 6. The van der Waals surface area contributed by atoms with Gasteiger partial charge in [0.1, 0.15) is 5.69 Å². The number of anilines is 1.